The summed E-state index contributed by atoms with van der Waals surface area (Å²) in [5.74, 6) is 0. The van der Waals surface area contributed by atoms with E-state index in [4.69, 9.17) is 18.1 Å². The number of hydrogen-bond acceptors (Lipinski definition) is 4. The van der Waals surface area contributed by atoms with Crippen LogP contribution < -0.4 is 5.46 Å². The number of benzene rings is 4. The van der Waals surface area contributed by atoms with Crippen molar-refractivity contribution in [3.05, 3.63) is 78.9 Å². The zero-order chi connectivity index (χ0) is 23.9. The summed E-state index contributed by atoms with van der Waals surface area (Å²) in [7, 11) is -0.429. The van der Waals surface area contributed by atoms with Crippen molar-refractivity contribution in [2.45, 2.75) is 38.9 Å². The predicted octanol–water partition coefficient (Wildman–Crippen LogP) is 7.45. The van der Waals surface area contributed by atoms with Gasteiger partial charge in [-0.2, -0.15) is 0 Å². The average molecular weight is 460 g/mol. The summed E-state index contributed by atoms with van der Waals surface area (Å²) in [6.45, 7) is 8.27. The summed E-state index contributed by atoms with van der Waals surface area (Å²) in [6.07, 6.45) is 0. The van der Waals surface area contributed by atoms with Crippen molar-refractivity contribution in [3.8, 4) is 11.1 Å². The molecule has 172 valence electrons. The minimum Gasteiger partial charge on any atom is -0.455 e. The van der Waals surface area contributed by atoms with Gasteiger partial charge >= 0.3 is 7.12 Å². The van der Waals surface area contributed by atoms with Gasteiger partial charge < -0.3 is 18.1 Å². The molecule has 35 heavy (non-hydrogen) atoms. The van der Waals surface area contributed by atoms with Gasteiger partial charge in [-0.1, -0.05) is 66.7 Å². The average Bonchev–Trinajstić information content (AvgIpc) is 3.47. The molecule has 0 N–H and O–H groups in total. The van der Waals surface area contributed by atoms with Crippen LogP contribution >= 0.6 is 0 Å². The van der Waals surface area contributed by atoms with Crippen LogP contribution in [0.15, 0.2) is 87.7 Å². The third-order valence-electron chi connectivity index (χ3n) is 7.74. The molecule has 0 saturated carbocycles. The molecule has 0 aliphatic carbocycles. The van der Waals surface area contributed by atoms with E-state index in [0.29, 0.717) is 0 Å². The Balaban J connectivity index is 1.40. The van der Waals surface area contributed by atoms with Crippen LogP contribution in [0.5, 0.6) is 0 Å². The topological polar surface area (TPSA) is 44.7 Å². The van der Waals surface area contributed by atoms with Crippen molar-refractivity contribution in [2.75, 3.05) is 0 Å². The molecular formula is C30H25BO4. The van der Waals surface area contributed by atoms with E-state index in [1.54, 1.807) is 0 Å². The maximum atomic E-state index is 6.51. The van der Waals surface area contributed by atoms with E-state index in [0.717, 1.165) is 60.5 Å². The Morgan fingerprint density at radius 2 is 1.09 bits per heavy atom. The lowest BCUT2D eigenvalue weighted by Gasteiger charge is -2.32. The molecule has 0 amide bonds. The number of para-hydroxylation sites is 3. The summed E-state index contributed by atoms with van der Waals surface area (Å²) in [5, 5.41) is 4.37. The van der Waals surface area contributed by atoms with Crippen molar-refractivity contribution in [3.63, 3.8) is 0 Å². The molecule has 0 atom stereocenters. The molecule has 0 radical (unpaired) electrons. The molecule has 0 bridgehead atoms. The Kier molecular flexibility index (Phi) is 4.16. The lowest BCUT2D eigenvalue weighted by Crippen LogP contribution is -2.41. The molecule has 4 nitrogen and oxygen atoms in total. The Hall–Kier alpha value is -3.54. The summed E-state index contributed by atoms with van der Waals surface area (Å²) in [5.41, 5.74) is 5.64. The van der Waals surface area contributed by atoms with Gasteiger partial charge in [0.1, 0.15) is 22.3 Å². The van der Waals surface area contributed by atoms with E-state index in [9.17, 15) is 0 Å². The minimum absolute atomic E-state index is 0.390. The first-order valence-corrected chi connectivity index (χ1v) is 12.0. The van der Waals surface area contributed by atoms with Crippen LogP contribution in [-0.4, -0.2) is 18.3 Å². The molecule has 1 saturated heterocycles. The van der Waals surface area contributed by atoms with Gasteiger partial charge in [0.2, 0.25) is 0 Å². The second-order valence-electron chi connectivity index (χ2n) is 10.4. The van der Waals surface area contributed by atoms with Gasteiger partial charge in [-0.05, 0) is 45.3 Å². The second kappa shape index (κ2) is 7.00. The zero-order valence-electron chi connectivity index (χ0n) is 20.2. The van der Waals surface area contributed by atoms with Crippen LogP contribution in [0.3, 0.4) is 0 Å². The second-order valence-corrected chi connectivity index (χ2v) is 10.4. The highest BCUT2D eigenvalue weighted by molar-refractivity contribution is 6.62. The highest BCUT2D eigenvalue weighted by atomic mass is 16.7. The predicted molar refractivity (Wildman–Crippen MR) is 142 cm³/mol. The first-order chi connectivity index (χ1) is 16.8. The summed E-state index contributed by atoms with van der Waals surface area (Å²) < 4.78 is 25.4. The maximum Gasteiger partial charge on any atom is 0.494 e. The normalized spacial score (nSPS) is 17.3. The van der Waals surface area contributed by atoms with Gasteiger partial charge in [-0.15, -0.1) is 0 Å². The summed E-state index contributed by atoms with van der Waals surface area (Å²) in [6, 6.07) is 27.0. The Bertz CT molecular complexity index is 1760. The first-order valence-electron chi connectivity index (χ1n) is 12.0. The van der Waals surface area contributed by atoms with E-state index in [1.807, 2.05) is 24.3 Å². The molecule has 6 aromatic rings. The van der Waals surface area contributed by atoms with E-state index < -0.39 is 7.12 Å². The van der Waals surface area contributed by atoms with Gasteiger partial charge in [0.25, 0.3) is 0 Å². The number of rotatable bonds is 2. The lowest BCUT2D eigenvalue weighted by atomic mass is 9.79. The molecule has 4 aromatic carbocycles. The molecule has 2 aromatic heterocycles. The minimum atomic E-state index is -0.429. The molecule has 1 aliphatic rings. The van der Waals surface area contributed by atoms with Crippen molar-refractivity contribution in [1.82, 2.24) is 0 Å². The van der Waals surface area contributed by atoms with Crippen LogP contribution in [0.4, 0.5) is 0 Å². The quantitative estimate of drug-likeness (QED) is 0.252. The Morgan fingerprint density at radius 1 is 0.543 bits per heavy atom. The molecule has 1 aliphatic heterocycles. The smallest absolute Gasteiger partial charge is 0.455 e. The van der Waals surface area contributed by atoms with Crippen molar-refractivity contribution in [2.24, 2.45) is 0 Å². The van der Waals surface area contributed by atoms with Crippen LogP contribution in [0.25, 0.3) is 55.0 Å². The van der Waals surface area contributed by atoms with Crippen molar-refractivity contribution < 1.29 is 18.1 Å². The van der Waals surface area contributed by atoms with Gasteiger partial charge in [-0.3, -0.25) is 0 Å². The SMILES string of the molecule is CC1(C)OB(c2ccc3c(c2)oc2c(-c4cccc5c4oc4ccccc45)cccc23)OC1(C)C. The fraction of sp³-hybridized carbons (Fsp3) is 0.200. The Morgan fingerprint density at radius 3 is 1.74 bits per heavy atom. The van der Waals surface area contributed by atoms with Crippen molar-refractivity contribution in [1.29, 1.82) is 0 Å². The van der Waals surface area contributed by atoms with Crippen LogP contribution in [-0.2, 0) is 9.31 Å². The third kappa shape index (κ3) is 2.95. The number of furan rings is 2. The standard InChI is InChI=1S/C30H25BO4/c1-29(2)30(3,4)35-31(34-29)18-15-16-20-22-11-8-13-24(28(22)33-26(20)17-18)23-12-7-10-21-19-9-5-6-14-25(19)32-27(21)23/h5-17H,1-4H3. The van der Waals surface area contributed by atoms with Crippen LogP contribution in [0.1, 0.15) is 27.7 Å². The Labute approximate surface area is 203 Å². The van der Waals surface area contributed by atoms with E-state index in [2.05, 4.69) is 82.3 Å². The monoisotopic (exact) mass is 460 g/mol. The van der Waals surface area contributed by atoms with E-state index >= 15 is 0 Å². The van der Waals surface area contributed by atoms with Gasteiger partial charge in [0.05, 0.1) is 11.2 Å². The summed E-state index contributed by atoms with van der Waals surface area (Å²) in [4.78, 5) is 0. The molecule has 1 fully saturated rings. The maximum absolute atomic E-state index is 6.51. The molecule has 0 spiro atoms. The largest absolute Gasteiger partial charge is 0.494 e. The van der Waals surface area contributed by atoms with Gasteiger partial charge in [-0.25, -0.2) is 0 Å². The highest BCUT2D eigenvalue weighted by Gasteiger charge is 2.51. The number of fused-ring (bicyclic) bond motifs is 6. The van der Waals surface area contributed by atoms with E-state index in [1.165, 1.54) is 0 Å². The molecule has 0 unspecified atom stereocenters. The fourth-order valence-electron chi connectivity index (χ4n) is 5.11. The fourth-order valence-corrected chi connectivity index (χ4v) is 5.11. The molecule has 7 rings (SSSR count). The molecular weight excluding hydrogens is 435 g/mol. The van der Waals surface area contributed by atoms with Crippen LogP contribution in [0.2, 0.25) is 0 Å². The highest BCUT2D eigenvalue weighted by Crippen LogP contribution is 2.41. The summed E-state index contributed by atoms with van der Waals surface area (Å²) >= 11 is 0. The van der Waals surface area contributed by atoms with Crippen LogP contribution in [0, 0.1) is 0 Å². The first kappa shape index (κ1) is 20.8. The number of hydrogen-bond donors (Lipinski definition) is 0. The van der Waals surface area contributed by atoms with E-state index in [-0.39, 0.29) is 11.2 Å². The third-order valence-corrected chi connectivity index (χ3v) is 7.74. The zero-order valence-corrected chi connectivity index (χ0v) is 20.2. The molecule has 3 heterocycles. The molecule has 5 heteroatoms. The van der Waals surface area contributed by atoms with Gasteiger partial charge in [0.15, 0.2) is 0 Å². The van der Waals surface area contributed by atoms with Gasteiger partial charge in [0, 0.05) is 32.7 Å². The van der Waals surface area contributed by atoms with Crippen molar-refractivity contribution >= 4 is 56.5 Å². The lowest BCUT2D eigenvalue weighted by molar-refractivity contribution is 0.00578.